The first kappa shape index (κ1) is 13.9. The summed E-state index contributed by atoms with van der Waals surface area (Å²) in [4.78, 5) is 0.144. The van der Waals surface area contributed by atoms with Gasteiger partial charge in [0.15, 0.2) is 0 Å². The van der Waals surface area contributed by atoms with Gasteiger partial charge in [-0.05, 0) is 29.5 Å². The lowest BCUT2D eigenvalue weighted by atomic mass is 10.2. The zero-order chi connectivity index (χ0) is 13.9. The Hall–Kier alpha value is -1.54. The second-order valence-corrected chi connectivity index (χ2v) is 4.90. The maximum absolute atomic E-state index is 12.1. The average molecular weight is 289 g/mol. The fourth-order valence-electron chi connectivity index (χ4n) is 1.47. The molecule has 0 unspecified atom stereocenters. The van der Waals surface area contributed by atoms with Crippen molar-refractivity contribution < 1.29 is 18.3 Å². The Morgan fingerprint density at radius 3 is 2.42 bits per heavy atom. The summed E-state index contributed by atoms with van der Waals surface area (Å²) in [5, 5.41) is 16.3. The lowest BCUT2D eigenvalue weighted by Gasteiger charge is -2.06. The van der Waals surface area contributed by atoms with Crippen molar-refractivity contribution >= 4 is 11.8 Å². The van der Waals surface area contributed by atoms with E-state index in [2.05, 4.69) is 10.3 Å². The smallest absolute Gasteiger partial charge is 0.390 e. The SMILES string of the molecule is OCc1cn(Cc2ccc(SC(F)(F)F)cc2)nn1. The average Bonchev–Trinajstić information content (AvgIpc) is 2.77. The van der Waals surface area contributed by atoms with Crippen LogP contribution in [0.4, 0.5) is 13.2 Å². The highest BCUT2D eigenvalue weighted by molar-refractivity contribution is 8.00. The van der Waals surface area contributed by atoms with Gasteiger partial charge in [0.1, 0.15) is 5.69 Å². The van der Waals surface area contributed by atoms with Gasteiger partial charge in [0.25, 0.3) is 0 Å². The molecule has 0 saturated carbocycles. The molecule has 0 bridgehead atoms. The molecule has 19 heavy (non-hydrogen) atoms. The highest BCUT2D eigenvalue weighted by Crippen LogP contribution is 2.36. The molecule has 1 heterocycles. The first-order valence-corrected chi connectivity index (χ1v) is 6.12. The molecule has 2 rings (SSSR count). The fourth-order valence-corrected chi connectivity index (χ4v) is 2.01. The van der Waals surface area contributed by atoms with E-state index in [4.69, 9.17) is 5.11 Å². The molecule has 0 atom stereocenters. The van der Waals surface area contributed by atoms with Crippen molar-refractivity contribution in [3.8, 4) is 0 Å². The van der Waals surface area contributed by atoms with E-state index in [0.29, 0.717) is 12.2 Å². The van der Waals surface area contributed by atoms with Crippen LogP contribution < -0.4 is 0 Å². The molecule has 1 N–H and O–H groups in total. The van der Waals surface area contributed by atoms with Crippen molar-refractivity contribution in [2.45, 2.75) is 23.6 Å². The van der Waals surface area contributed by atoms with Crippen molar-refractivity contribution in [1.29, 1.82) is 0 Å². The van der Waals surface area contributed by atoms with Gasteiger partial charge >= 0.3 is 5.51 Å². The Morgan fingerprint density at radius 1 is 1.21 bits per heavy atom. The van der Waals surface area contributed by atoms with Crippen molar-refractivity contribution in [1.82, 2.24) is 15.0 Å². The molecule has 0 aliphatic heterocycles. The molecular formula is C11H10F3N3OS. The van der Waals surface area contributed by atoms with Crippen LogP contribution in [0.25, 0.3) is 0 Å². The fraction of sp³-hybridized carbons (Fsp3) is 0.273. The number of halogens is 3. The third-order valence-electron chi connectivity index (χ3n) is 2.25. The molecule has 1 aromatic heterocycles. The number of hydrogen-bond acceptors (Lipinski definition) is 4. The molecule has 0 saturated heterocycles. The van der Waals surface area contributed by atoms with Crippen molar-refractivity contribution in [3.63, 3.8) is 0 Å². The Labute approximate surface area is 111 Å². The van der Waals surface area contributed by atoms with Gasteiger partial charge in [-0.3, -0.25) is 0 Å². The van der Waals surface area contributed by atoms with Crippen LogP contribution in [-0.2, 0) is 13.2 Å². The molecule has 0 spiro atoms. The predicted molar refractivity (Wildman–Crippen MR) is 63.4 cm³/mol. The molecule has 8 heteroatoms. The standard InChI is InChI=1S/C11H10F3N3OS/c12-11(13,14)19-10-3-1-8(2-4-10)5-17-6-9(7-18)15-16-17/h1-4,6,18H,5,7H2. The Kier molecular flexibility index (Phi) is 4.11. The first-order chi connectivity index (χ1) is 8.96. The van der Waals surface area contributed by atoms with E-state index < -0.39 is 5.51 Å². The predicted octanol–water partition coefficient (Wildman–Crippen LogP) is 2.43. The molecular weight excluding hydrogens is 279 g/mol. The topological polar surface area (TPSA) is 50.9 Å². The van der Waals surface area contributed by atoms with Gasteiger partial charge in [-0.2, -0.15) is 13.2 Å². The van der Waals surface area contributed by atoms with Crippen molar-refractivity contribution in [3.05, 3.63) is 41.7 Å². The van der Waals surface area contributed by atoms with E-state index >= 15 is 0 Å². The molecule has 0 aliphatic carbocycles. The lowest BCUT2D eigenvalue weighted by Crippen LogP contribution is -2.01. The van der Waals surface area contributed by atoms with Crippen LogP contribution in [-0.4, -0.2) is 25.6 Å². The molecule has 0 radical (unpaired) electrons. The van der Waals surface area contributed by atoms with Crippen LogP contribution in [0.2, 0.25) is 0 Å². The zero-order valence-corrected chi connectivity index (χ0v) is 10.4. The summed E-state index contributed by atoms with van der Waals surface area (Å²) < 4.78 is 38.0. The van der Waals surface area contributed by atoms with Crippen LogP contribution in [0.1, 0.15) is 11.3 Å². The Bertz CT molecular complexity index is 539. The molecule has 2 aromatic rings. The maximum Gasteiger partial charge on any atom is 0.446 e. The van der Waals surface area contributed by atoms with E-state index in [9.17, 15) is 13.2 Å². The van der Waals surface area contributed by atoms with E-state index in [1.165, 1.54) is 16.8 Å². The van der Waals surface area contributed by atoms with Crippen LogP contribution >= 0.6 is 11.8 Å². The number of nitrogens with zero attached hydrogens (tertiary/aromatic N) is 3. The largest absolute Gasteiger partial charge is 0.446 e. The summed E-state index contributed by atoms with van der Waals surface area (Å²) in [6.45, 7) is 0.200. The van der Waals surface area contributed by atoms with Gasteiger partial charge in [-0.25, -0.2) is 4.68 Å². The molecule has 102 valence electrons. The second kappa shape index (κ2) is 5.62. The van der Waals surface area contributed by atoms with Gasteiger partial charge in [0.2, 0.25) is 0 Å². The number of aliphatic hydroxyl groups is 1. The quantitative estimate of drug-likeness (QED) is 0.878. The van der Waals surface area contributed by atoms with Crippen LogP contribution in [0.3, 0.4) is 0 Å². The Balaban J connectivity index is 2.02. The van der Waals surface area contributed by atoms with Crippen LogP contribution in [0, 0.1) is 0 Å². The van der Waals surface area contributed by atoms with Crippen LogP contribution in [0.5, 0.6) is 0 Å². The number of thioether (sulfide) groups is 1. The van der Waals surface area contributed by atoms with E-state index in [0.717, 1.165) is 5.56 Å². The summed E-state index contributed by atoms with van der Waals surface area (Å²) in [5.74, 6) is 0. The van der Waals surface area contributed by atoms with Gasteiger partial charge in [0.05, 0.1) is 19.3 Å². The van der Waals surface area contributed by atoms with Crippen molar-refractivity contribution in [2.75, 3.05) is 0 Å². The van der Waals surface area contributed by atoms with Gasteiger partial charge in [-0.1, -0.05) is 17.3 Å². The van der Waals surface area contributed by atoms with Crippen LogP contribution in [0.15, 0.2) is 35.4 Å². The molecule has 4 nitrogen and oxygen atoms in total. The number of aliphatic hydroxyl groups excluding tert-OH is 1. The molecule has 0 fully saturated rings. The summed E-state index contributed by atoms with van der Waals surface area (Å²) >= 11 is -0.144. The third kappa shape index (κ3) is 4.25. The maximum atomic E-state index is 12.1. The number of hydrogen-bond donors (Lipinski definition) is 1. The summed E-state index contributed by atoms with van der Waals surface area (Å²) in [6, 6.07) is 6.04. The van der Waals surface area contributed by atoms with E-state index in [1.54, 1.807) is 18.3 Å². The minimum Gasteiger partial charge on any atom is -0.390 e. The number of aromatic nitrogens is 3. The van der Waals surface area contributed by atoms with Gasteiger partial charge in [-0.15, -0.1) is 5.10 Å². The summed E-state index contributed by atoms with van der Waals surface area (Å²) in [6.07, 6.45) is 1.58. The van der Waals surface area contributed by atoms with Gasteiger partial charge < -0.3 is 5.11 Å². The highest BCUT2D eigenvalue weighted by Gasteiger charge is 2.28. The van der Waals surface area contributed by atoms with E-state index in [-0.39, 0.29) is 23.3 Å². The first-order valence-electron chi connectivity index (χ1n) is 5.31. The number of alkyl halides is 3. The third-order valence-corrected chi connectivity index (χ3v) is 2.99. The molecule has 1 aromatic carbocycles. The van der Waals surface area contributed by atoms with E-state index in [1.807, 2.05) is 0 Å². The monoisotopic (exact) mass is 289 g/mol. The zero-order valence-electron chi connectivity index (χ0n) is 9.63. The minimum atomic E-state index is -4.27. The number of rotatable bonds is 4. The summed E-state index contributed by atoms with van der Waals surface area (Å²) in [7, 11) is 0. The van der Waals surface area contributed by atoms with Gasteiger partial charge in [0, 0.05) is 4.90 Å². The Morgan fingerprint density at radius 2 is 1.89 bits per heavy atom. The molecule has 0 aliphatic rings. The lowest BCUT2D eigenvalue weighted by molar-refractivity contribution is -0.0328. The minimum absolute atomic E-state index is 0.144. The summed E-state index contributed by atoms with van der Waals surface area (Å²) in [5.41, 5.74) is -3.02. The van der Waals surface area contributed by atoms with Crippen molar-refractivity contribution in [2.24, 2.45) is 0 Å². The normalized spacial score (nSPS) is 11.8. The second-order valence-electron chi connectivity index (χ2n) is 3.76. The highest BCUT2D eigenvalue weighted by atomic mass is 32.2. The molecule has 0 amide bonds. The number of benzene rings is 1.